The second-order valence-corrected chi connectivity index (χ2v) is 7.56. The second-order valence-electron chi connectivity index (χ2n) is 7.56. The van der Waals surface area contributed by atoms with Crippen LogP contribution in [0.2, 0.25) is 0 Å². The fraction of sp³-hybridized carbons (Fsp3) is 0.778. The second kappa shape index (κ2) is 8.88. The highest BCUT2D eigenvalue weighted by Crippen LogP contribution is 2.31. The van der Waals surface area contributed by atoms with Gasteiger partial charge in [-0.05, 0) is 31.7 Å². The van der Waals surface area contributed by atoms with Crippen LogP contribution in [0, 0.1) is 5.92 Å². The van der Waals surface area contributed by atoms with Gasteiger partial charge in [0.05, 0.1) is 19.3 Å². The average Bonchev–Trinajstić information content (AvgIpc) is 3.21. The number of nitrogens with one attached hydrogen (secondary N) is 1. The molecular formula is C18H31IN6O. The molecule has 146 valence electrons. The van der Waals surface area contributed by atoms with E-state index in [1.54, 1.807) is 0 Å². The van der Waals surface area contributed by atoms with Gasteiger partial charge in [-0.25, -0.2) is 0 Å². The van der Waals surface area contributed by atoms with Gasteiger partial charge in [-0.1, -0.05) is 0 Å². The topological polar surface area (TPSA) is 57.9 Å². The Bertz CT molecular complexity index is 617. The molecule has 4 rings (SSSR count). The predicted molar refractivity (Wildman–Crippen MR) is 113 cm³/mol. The Balaban J connectivity index is 0.00000196. The molecule has 1 N–H and O–H groups in total. The minimum Gasteiger partial charge on any atom is -0.370 e. The van der Waals surface area contributed by atoms with Gasteiger partial charge in [-0.3, -0.25) is 9.67 Å². The minimum absolute atomic E-state index is 0. The molecule has 1 aromatic heterocycles. The molecule has 2 unspecified atom stereocenters. The lowest BCUT2D eigenvalue weighted by Crippen LogP contribution is -2.49. The molecule has 0 aromatic carbocycles. The number of ether oxygens (including phenoxy) is 1. The maximum absolute atomic E-state index is 5.94. The maximum atomic E-state index is 5.94. The van der Waals surface area contributed by atoms with Crippen molar-refractivity contribution in [3.05, 3.63) is 18.0 Å². The normalized spacial score (nSPS) is 27.5. The largest absolute Gasteiger partial charge is 0.370 e. The van der Waals surface area contributed by atoms with Crippen molar-refractivity contribution in [3.63, 3.8) is 0 Å². The SMILES string of the molecule is CN=C(NCC1CCN(C2CC2)C1)N1CCOC(c2cnn(C)c2)C1.I. The van der Waals surface area contributed by atoms with Crippen molar-refractivity contribution in [2.45, 2.75) is 31.4 Å². The molecule has 3 fully saturated rings. The first kappa shape index (κ1) is 19.9. The summed E-state index contributed by atoms with van der Waals surface area (Å²) in [4.78, 5) is 9.50. The molecule has 2 atom stereocenters. The quantitative estimate of drug-likeness (QED) is 0.407. The van der Waals surface area contributed by atoms with Gasteiger partial charge >= 0.3 is 0 Å². The molecule has 0 amide bonds. The third kappa shape index (κ3) is 4.69. The van der Waals surface area contributed by atoms with E-state index in [4.69, 9.17) is 4.74 Å². The fourth-order valence-corrected chi connectivity index (χ4v) is 4.02. The van der Waals surface area contributed by atoms with E-state index in [-0.39, 0.29) is 30.1 Å². The van der Waals surface area contributed by atoms with Crippen molar-refractivity contribution in [2.75, 3.05) is 46.4 Å². The molecule has 0 spiro atoms. The van der Waals surface area contributed by atoms with Crippen LogP contribution in [0.5, 0.6) is 0 Å². The molecule has 1 aromatic rings. The predicted octanol–water partition coefficient (Wildman–Crippen LogP) is 1.47. The van der Waals surface area contributed by atoms with Crippen molar-refractivity contribution >= 4 is 29.9 Å². The number of likely N-dealkylation sites (tertiary alicyclic amines) is 1. The maximum Gasteiger partial charge on any atom is 0.193 e. The van der Waals surface area contributed by atoms with Gasteiger partial charge in [0.1, 0.15) is 6.10 Å². The van der Waals surface area contributed by atoms with Gasteiger partial charge in [-0.2, -0.15) is 5.10 Å². The molecule has 1 aliphatic carbocycles. The molecule has 8 heteroatoms. The van der Waals surface area contributed by atoms with Crippen molar-refractivity contribution < 1.29 is 4.74 Å². The van der Waals surface area contributed by atoms with Crippen molar-refractivity contribution in [3.8, 4) is 0 Å². The van der Waals surface area contributed by atoms with Gasteiger partial charge in [0, 0.05) is 51.5 Å². The molecule has 3 aliphatic rings. The van der Waals surface area contributed by atoms with Gasteiger partial charge in [0.15, 0.2) is 5.96 Å². The zero-order valence-electron chi connectivity index (χ0n) is 15.8. The molecular weight excluding hydrogens is 443 g/mol. The van der Waals surface area contributed by atoms with Crippen LogP contribution in [0.15, 0.2) is 17.4 Å². The van der Waals surface area contributed by atoms with E-state index in [0.29, 0.717) is 0 Å². The first-order chi connectivity index (χ1) is 12.2. The lowest BCUT2D eigenvalue weighted by Gasteiger charge is -2.35. The number of morpholine rings is 1. The van der Waals surface area contributed by atoms with Crippen LogP contribution in [0.3, 0.4) is 0 Å². The van der Waals surface area contributed by atoms with Crippen LogP contribution < -0.4 is 5.32 Å². The number of aryl methyl sites for hydroxylation is 1. The molecule has 26 heavy (non-hydrogen) atoms. The van der Waals surface area contributed by atoms with Gasteiger partial charge in [0.25, 0.3) is 0 Å². The van der Waals surface area contributed by atoms with E-state index >= 15 is 0 Å². The zero-order valence-corrected chi connectivity index (χ0v) is 18.1. The average molecular weight is 474 g/mol. The number of hydrogen-bond donors (Lipinski definition) is 1. The molecule has 0 radical (unpaired) electrons. The van der Waals surface area contributed by atoms with Crippen LogP contribution in [-0.4, -0.2) is 78.0 Å². The summed E-state index contributed by atoms with van der Waals surface area (Å²) in [6.07, 6.45) is 8.13. The number of aromatic nitrogens is 2. The number of nitrogens with zero attached hydrogens (tertiary/aromatic N) is 5. The fourth-order valence-electron chi connectivity index (χ4n) is 4.02. The van der Waals surface area contributed by atoms with E-state index in [2.05, 4.69) is 25.2 Å². The molecule has 7 nitrogen and oxygen atoms in total. The Morgan fingerprint density at radius 3 is 2.85 bits per heavy atom. The smallest absolute Gasteiger partial charge is 0.193 e. The van der Waals surface area contributed by atoms with Crippen LogP contribution in [0.25, 0.3) is 0 Å². The van der Waals surface area contributed by atoms with Crippen molar-refractivity contribution in [2.24, 2.45) is 18.0 Å². The van der Waals surface area contributed by atoms with E-state index in [1.165, 1.54) is 32.4 Å². The van der Waals surface area contributed by atoms with E-state index < -0.39 is 0 Å². The Hall–Kier alpha value is -0.870. The summed E-state index contributed by atoms with van der Waals surface area (Å²) in [6, 6.07) is 0.892. The summed E-state index contributed by atoms with van der Waals surface area (Å²) in [5.74, 6) is 1.74. The Labute approximate surface area is 173 Å². The first-order valence-corrected chi connectivity index (χ1v) is 9.52. The number of aliphatic imine (C=N–C) groups is 1. The monoisotopic (exact) mass is 474 g/mol. The highest BCUT2D eigenvalue weighted by Gasteiger charge is 2.34. The molecule has 0 bridgehead atoms. The van der Waals surface area contributed by atoms with Crippen LogP contribution in [0.1, 0.15) is 30.9 Å². The van der Waals surface area contributed by atoms with E-state index in [9.17, 15) is 0 Å². The van der Waals surface area contributed by atoms with Gasteiger partial charge < -0.3 is 19.9 Å². The van der Waals surface area contributed by atoms with E-state index in [1.807, 2.05) is 31.2 Å². The highest BCUT2D eigenvalue weighted by molar-refractivity contribution is 14.0. The lowest BCUT2D eigenvalue weighted by atomic mass is 10.1. The first-order valence-electron chi connectivity index (χ1n) is 9.52. The Kier molecular flexibility index (Phi) is 6.79. The highest BCUT2D eigenvalue weighted by atomic mass is 127. The number of hydrogen-bond acceptors (Lipinski definition) is 4. The van der Waals surface area contributed by atoms with Gasteiger partial charge in [0.2, 0.25) is 0 Å². The standard InChI is InChI=1S/C18H30N6O.HI/c1-19-18(20-9-14-5-6-23(11-14)16-3-4-16)24-7-8-25-17(13-24)15-10-21-22(2)12-15;/h10,12,14,16-17H,3-9,11,13H2,1-2H3,(H,19,20);1H. The molecule has 3 heterocycles. The van der Waals surface area contributed by atoms with Crippen LogP contribution >= 0.6 is 24.0 Å². The van der Waals surface area contributed by atoms with Crippen LogP contribution in [0.4, 0.5) is 0 Å². The summed E-state index contributed by atoms with van der Waals surface area (Å²) in [5.41, 5.74) is 1.14. The summed E-state index contributed by atoms with van der Waals surface area (Å²) < 4.78 is 7.77. The van der Waals surface area contributed by atoms with Crippen LogP contribution in [-0.2, 0) is 11.8 Å². The third-order valence-electron chi connectivity index (χ3n) is 5.60. The van der Waals surface area contributed by atoms with Crippen molar-refractivity contribution in [1.82, 2.24) is 24.9 Å². The number of rotatable bonds is 4. The summed E-state index contributed by atoms with van der Waals surface area (Å²) in [7, 11) is 3.82. The van der Waals surface area contributed by atoms with Crippen molar-refractivity contribution in [1.29, 1.82) is 0 Å². The number of halogens is 1. The molecule has 2 aliphatic heterocycles. The lowest BCUT2D eigenvalue weighted by molar-refractivity contribution is -0.00807. The molecule has 2 saturated heterocycles. The Morgan fingerprint density at radius 2 is 2.15 bits per heavy atom. The summed E-state index contributed by atoms with van der Waals surface area (Å²) in [6.45, 7) is 5.97. The van der Waals surface area contributed by atoms with Gasteiger partial charge in [-0.15, -0.1) is 24.0 Å². The molecule has 1 saturated carbocycles. The zero-order chi connectivity index (χ0) is 17.2. The number of guanidine groups is 1. The minimum atomic E-state index is 0. The summed E-state index contributed by atoms with van der Waals surface area (Å²) in [5, 5.41) is 7.88. The van der Waals surface area contributed by atoms with E-state index in [0.717, 1.165) is 49.7 Å². The third-order valence-corrected chi connectivity index (χ3v) is 5.60. The summed E-state index contributed by atoms with van der Waals surface area (Å²) >= 11 is 0. The Morgan fingerprint density at radius 1 is 1.31 bits per heavy atom.